The van der Waals surface area contributed by atoms with Gasteiger partial charge in [0.15, 0.2) is 5.82 Å². The summed E-state index contributed by atoms with van der Waals surface area (Å²) in [5.41, 5.74) is -0.0177. The molecule has 4 rings (SSSR count). The number of rotatable bonds is 3. The van der Waals surface area contributed by atoms with Gasteiger partial charge in [0, 0.05) is 11.1 Å². The zero-order valence-corrected chi connectivity index (χ0v) is 17.8. The van der Waals surface area contributed by atoms with Crippen LogP contribution in [0.3, 0.4) is 0 Å². The van der Waals surface area contributed by atoms with Gasteiger partial charge in [-0.15, -0.1) is 10.2 Å². The molecule has 176 valence electrons. The summed E-state index contributed by atoms with van der Waals surface area (Å²) in [4.78, 5) is 23.7. The highest BCUT2D eigenvalue weighted by Crippen LogP contribution is 2.44. The Kier molecular flexibility index (Phi) is 5.75. The summed E-state index contributed by atoms with van der Waals surface area (Å²) >= 11 is 0.184. The molecule has 0 atom stereocenters. The van der Waals surface area contributed by atoms with E-state index in [1.165, 1.54) is 42.5 Å². The Hall–Kier alpha value is -3.61. The number of amides is 1. The molecule has 34 heavy (non-hydrogen) atoms. The zero-order valence-electron chi connectivity index (χ0n) is 17.0. The normalized spacial score (nSPS) is 14.3. The minimum absolute atomic E-state index is 0.0185. The van der Waals surface area contributed by atoms with E-state index in [4.69, 9.17) is 0 Å². The third-order valence-electron chi connectivity index (χ3n) is 4.69. The molecule has 13 heteroatoms. The summed E-state index contributed by atoms with van der Waals surface area (Å²) in [5.74, 6) is -5.16. The predicted molar refractivity (Wildman–Crippen MR) is 110 cm³/mol. The minimum Gasteiger partial charge on any atom is -0.283 e. The second-order valence-corrected chi connectivity index (χ2v) is 8.05. The fourth-order valence-electron chi connectivity index (χ4n) is 3.17. The Morgan fingerprint density at radius 3 is 2.00 bits per heavy atom. The molecule has 0 spiro atoms. The minimum atomic E-state index is -5.50. The molecule has 3 aromatic rings. The van der Waals surface area contributed by atoms with Gasteiger partial charge in [0.2, 0.25) is 5.16 Å². The first kappa shape index (κ1) is 23.5. The first-order valence-electron chi connectivity index (χ1n) is 9.42. The fourth-order valence-corrected chi connectivity index (χ4v) is 4.20. The maximum absolute atomic E-state index is 13.7. The number of Topliss-reactive ketones (excluding diaryl/α,β-unsaturated/α-hetero) is 1. The highest BCUT2D eigenvalue weighted by molar-refractivity contribution is 8.04. The number of thioether (sulfide) groups is 1. The monoisotopic (exact) mass is 498 g/mol. The average molecular weight is 498 g/mol. The molecule has 1 aromatic heterocycles. The average Bonchev–Trinajstić information content (AvgIpc) is 3.20. The van der Waals surface area contributed by atoms with Gasteiger partial charge in [-0.3, -0.25) is 9.59 Å². The summed E-state index contributed by atoms with van der Waals surface area (Å²) in [7, 11) is 0. The van der Waals surface area contributed by atoms with Crippen LogP contribution in [0.5, 0.6) is 0 Å². The predicted octanol–water partition coefficient (Wildman–Crippen LogP) is 4.89. The number of ketones is 1. The molecular formula is C21H12F6N4O2S. The van der Waals surface area contributed by atoms with Crippen LogP contribution in [0, 0.1) is 6.92 Å². The van der Waals surface area contributed by atoms with Crippen molar-refractivity contribution in [3.63, 3.8) is 0 Å². The molecule has 0 fully saturated rings. The van der Waals surface area contributed by atoms with E-state index >= 15 is 0 Å². The number of carbonyl (C=O) groups is 2. The van der Waals surface area contributed by atoms with E-state index in [9.17, 15) is 35.9 Å². The standard InChI is InChI=1S/C21H12F6N4O2S/c1-11-7-9-13(10-8-11)17-28-29-19-31(17)30(18(33)21(25,26)27)14(12-5-3-2-4-6-12)15(34-19)16(32)20(22,23)24/h2-10H,1H3. The van der Waals surface area contributed by atoms with E-state index in [0.717, 1.165) is 5.56 Å². The van der Waals surface area contributed by atoms with Crippen LogP contribution in [0.15, 0.2) is 64.7 Å². The van der Waals surface area contributed by atoms with Gasteiger partial charge in [-0.2, -0.15) is 31.0 Å². The number of alkyl halides is 6. The molecule has 0 saturated heterocycles. The van der Waals surface area contributed by atoms with Crippen molar-refractivity contribution in [1.29, 1.82) is 0 Å². The summed E-state index contributed by atoms with van der Waals surface area (Å²) in [6.07, 6.45) is -10.9. The van der Waals surface area contributed by atoms with Crippen LogP contribution in [0.4, 0.5) is 26.3 Å². The maximum atomic E-state index is 13.7. The van der Waals surface area contributed by atoms with E-state index in [1.807, 2.05) is 0 Å². The first-order valence-corrected chi connectivity index (χ1v) is 10.2. The molecule has 6 nitrogen and oxygen atoms in total. The van der Waals surface area contributed by atoms with Crippen molar-refractivity contribution >= 4 is 29.1 Å². The summed E-state index contributed by atoms with van der Waals surface area (Å²) in [6, 6.07) is 12.8. The third kappa shape index (κ3) is 4.18. The lowest BCUT2D eigenvalue weighted by Crippen LogP contribution is -2.49. The molecule has 0 unspecified atom stereocenters. The van der Waals surface area contributed by atoms with Crippen LogP contribution in [-0.2, 0) is 9.59 Å². The Morgan fingerprint density at radius 2 is 1.44 bits per heavy atom. The molecule has 1 amide bonds. The van der Waals surface area contributed by atoms with Crippen LogP contribution in [-0.4, -0.2) is 38.9 Å². The van der Waals surface area contributed by atoms with Gasteiger partial charge in [0.05, 0.1) is 10.6 Å². The first-order chi connectivity index (χ1) is 15.9. The van der Waals surface area contributed by atoms with Gasteiger partial charge in [-0.1, -0.05) is 60.2 Å². The number of fused-ring (bicyclic) bond motifs is 1. The second kappa shape index (κ2) is 8.31. The number of aryl methyl sites for hydroxylation is 1. The van der Waals surface area contributed by atoms with E-state index < -0.39 is 39.8 Å². The molecule has 0 aliphatic carbocycles. The fraction of sp³-hybridized carbons (Fsp3) is 0.143. The topological polar surface area (TPSA) is 68.1 Å². The number of hydrogen-bond acceptors (Lipinski definition) is 5. The van der Waals surface area contributed by atoms with Crippen LogP contribution >= 0.6 is 11.8 Å². The number of benzene rings is 2. The van der Waals surface area contributed by atoms with Crippen LogP contribution in [0.25, 0.3) is 17.1 Å². The number of halogens is 6. The van der Waals surface area contributed by atoms with Gasteiger partial charge < -0.3 is 0 Å². The van der Waals surface area contributed by atoms with Gasteiger partial charge in [0.1, 0.15) is 0 Å². The third-order valence-corrected chi connectivity index (χ3v) is 5.71. The van der Waals surface area contributed by atoms with Crippen molar-refractivity contribution in [1.82, 2.24) is 14.9 Å². The summed E-state index contributed by atoms with van der Waals surface area (Å²) in [6.45, 7) is 1.77. The van der Waals surface area contributed by atoms with E-state index in [1.54, 1.807) is 19.1 Å². The van der Waals surface area contributed by atoms with Gasteiger partial charge in [-0.05, 0) is 18.7 Å². The van der Waals surface area contributed by atoms with Gasteiger partial charge >= 0.3 is 18.3 Å². The zero-order chi connectivity index (χ0) is 24.8. The summed E-state index contributed by atoms with van der Waals surface area (Å²) in [5, 5.41) is 6.95. The van der Waals surface area contributed by atoms with Crippen LogP contribution < -0.4 is 5.01 Å². The summed E-state index contributed by atoms with van der Waals surface area (Å²) < 4.78 is 81.9. The Balaban J connectivity index is 2.04. The van der Waals surface area contributed by atoms with Gasteiger partial charge in [-0.25, -0.2) is 5.01 Å². The van der Waals surface area contributed by atoms with Crippen molar-refractivity contribution in [2.75, 3.05) is 5.01 Å². The van der Waals surface area contributed by atoms with E-state index in [-0.39, 0.29) is 33.7 Å². The molecule has 2 heterocycles. The largest absolute Gasteiger partial charge is 0.473 e. The Morgan fingerprint density at radius 1 is 0.824 bits per heavy atom. The quantitative estimate of drug-likeness (QED) is 0.482. The Labute approximate surface area is 191 Å². The number of aromatic nitrogens is 3. The Bertz CT molecular complexity index is 1300. The van der Waals surface area contributed by atoms with E-state index in [2.05, 4.69) is 10.2 Å². The highest BCUT2D eigenvalue weighted by atomic mass is 32.2. The van der Waals surface area contributed by atoms with Crippen molar-refractivity contribution < 1.29 is 35.9 Å². The molecule has 0 radical (unpaired) electrons. The molecular weight excluding hydrogens is 486 g/mol. The van der Waals surface area contributed by atoms with Crippen molar-refractivity contribution in [2.24, 2.45) is 0 Å². The number of nitrogens with zero attached hydrogens (tertiary/aromatic N) is 4. The second-order valence-electron chi connectivity index (χ2n) is 7.07. The molecule has 1 aliphatic rings. The molecule has 0 saturated carbocycles. The lowest BCUT2D eigenvalue weighted by molar-refractivity contribution is -0.171. The number of carbonyl (C=O) groups excluding carboxylic acids is 2. The number of allylic oxidation sites excluding steroid dienone is 1. The van der Waals surface area contributed by atoms with Crippen LogP contribution in [0.1, 0.15) is 11.1 Å². The highest BCUT2D eigenvalue weighted by Gasteiger charge is 2.51. The molecule has 1 aliphatic heterocycles. The van der Waals surface area contributed by atoms with E-state index in [0.29, 0.717) is 4.68 Å². The maximum Gasteiger partial charge on any atom is 0.473 e. The SMILES string of the molecule is Cc1ccc(-c2nnc3n2N(C(=O)C(F)(F)F)C(c2ccccc2)=C(C(=O)C(F)(F)F)S3)cc1. The molecule has 2 aromatic carbocycles. The lowest BCUT2D eigenvalue weighted by atomic mass is 10.1. The van der Waals surface area contributed by atoms with Crippen molar-refractivity contribution in [2.45, 2.75) is 24.4 Å². The van der Waals surface area contributed by atoms with Crippen LogP contribution in [0.2, 0.25) is 0 Å². The smallest absolute Gasteiger partial charge is 0.283 e. The lowest BCUT2D eigenvalue weighted by Gasteiger charge is -2.33. The van der Waals surface area contributed by atoms with Crippen molar-refractivity contribution in [3.8, 4) is 11.4 Å². The molecule has 0 N–H and O–H groups in total. The molecule has 0 bridgehead atoms. The van der Waals surface area contributed by atoms with Crippen molar-refractivity contribution in [3.05, 3.63) is 70.6 Å². The number of hydrogen-bond donors (Lipinski definition) is 0. The van der Waals surface area contributed by atoms with Gasteiger partial charge in [0.25, 0.3) is 5.78 Å².